The molecule has 0 spiro atoms. The van der Waals surface area contributed by atoms with Crippen molar-refractivity contribution < 1.29 is 4.74 Å². The lowest BCUT2D eigenvalue weighted by Gasteiger charge is -2.36. The van der Waals surface area contributed by atoms with E-state index < -0.39 is 0 Å². The van der Waals surface area contributed by atoms with Crippen LogP contribution in [0.5, 0.6) is 0 Å². The molecule has 0 saturated carbocycles. The first-order chi connectivity index (χ1) is 10.1. The highest BCUT2D eigenvalue weighted by Gasteiger charge is 2.36. The van der Waals surface area contributed by atoms with Crippen LogP contribution in [0.3, 0.4) is 0 Å². The normalized spacial score (nSPS) is 30.6. The van der Waals surface area contributed by atoms with E-state index in [1.807, 2.05) is 24.5 Å². The van der Waals surface area contributed by atoms with E-state index in [-0.39, 0.29) is 5.01 Å². The third kappa shape index (κ3) is 3.29. The average molecular weight is 352 g/mol. The number of hydrogen-bond donors (Lipinski definition) is 0. The van der Waals surface area contributed by atoms with Gasteiger partial charge in [0.25, 0.3) is 0 Å². The summed E-state index contributed by atoms with van der Waals surface area (Å²) in [7, 11) is 2.04. The molecule has 0 bridgehead atoms. The minimum atomic E-state index is 0.173. The summed E-state index contributed by atoms with van der Waals surface area (Å²) in [6.07, 6.45) is 8.20. The van der Waals surface area contributed by atoms with Crippen LogP contribution in [0.4, 0.5) is 0 Å². The van der Waals surface area contributed by atoms with Crippen molar-refractivity contribution in [3.05, 3.63) is 29.6 Å². The number of halogens is 1. The van der Waals surface area contributed by atoms with Gasteiger partial charge in [0.15, 0.2) is 0 Å². The zero-order valence-electron chi connectivity index (χ0n) is 12.6. The highest BCUT2D eigenvalue weighted by atomic mass is 79.9. The quantitative estimate of drug-likeness (QED) is 0.785. The zero-order chi connectivity index (χ0) is 14.8. The highest BCUT2D eigenvalue weighted by Crippen LogP contribution is 2.41. The molecule has 5 heteroatoms. The second-order valence-corrected chi connectivity index (χ2v) is 7.11. The molecule has 21 heavy (non-hydrogen) atoms. The fourth-order valence-electron chi connectivity index (χ4n) is 3.56. The monoisotopic (exact) mass is 351 g/mol. The van der Waals surface area contributed by atoms with Gasteiger partial charge in [-0.1, -0.05) is 15.9 Å². The maximum atomic E-state index is 5.67. The lowest BCUT2D eigenvalue weighted by atomic mass is 9.73. The summed E-state index contributed by atoms with van der Waals surface area (Å²) in [5.74, 6) is 1.53. The molecule has 0 amide bonds. The molecule has 4 atom stereocenters. The molecule has 114 valence electrons. The van der Waals surface area contributed by atoms with Gasteiger partial charge in [-0.2, -0.15) is 5.10 Å². The summed E-state index contributed by atoms with van der Waals surface area (Å²) in [4.78, 5) is 4.37. The fraction of sp³-hybridized carbons (Fsp3) is 0.625. The molecule has 0 N–H and O–H groups in total. The van der Waals surface area contributed by atoms with E-state index >= 15 is 0 Å². The number of nitrogens with zero attached hydrogens (tertiary/aromatic N) is 3. The smallest absolute Gasteiger partial charge is 0.112 e. The van der Waals surface area contributed by atoms with Crippen LogP contribution < -0.4 is 0 Å². The van der Waals surface area contributed by atoms with Crippen molar-refractivity contribution >= 4 is 22.1 Å². The van der Waals surface area contributed by atoms with Crippen molar-refractivity contribution in [1.82, 2.24) is 9.99 Å². The largest absolute Gasteiger partial charge is 0.367 e. The Morgan fingerprint density at radius 2 is 2.33 bits per heavy atom. The molecule has 1 saturated heterocycles. The first-order valence-electron chi connectivity index (χ1n) is 7.56. The first kappa shape index (κ1) is 15.0. The van der Waals surface area contributed by atoms with Gasteiger partial charge in [-0.25, -0.2) is 0 Å². The van der Waals surface area contributed by atoms with E-state index in [0.717, 1.165) is 26.0 Å². The van der Waals surface area contributed by atoms with Crippen molar-refractivity contribution in [2.75, 3.05) is 20.2 Å². The molecule has 0 aromatic carbocycles. The fourth-order valence-corrected chi connectivity index (χ4v) is 4.23. The Hall–Kier alpha value is -0.940. The Morgan fingerprint density at radius 1 is 1.48 bits per heavy atom. The zero-order valence-corrected chi connectivity index (χ0v) is 14.2. The van der Waals surface area contributed by atoms with Crippen LogP contribution in [0.15, 0.2) is 23.6 Å². The number of alkyl halides is 1. The predicted molar refractivity (Wildman–Crippen MR) is 87.7 cm³/mol. The molecule has 2 aliphatic heterocycles. The average Bonchev–Trinajstić information content (AvgIpc) is 2.88. The lowest BCUT2D eigenvalue weighted by molar-refractivity contribution is 0.0360. The van der Waals surface area contributed by atoms with Crippen LogP contribution >= 0.6 is 15.9 Å². The van der Waals surface area contributed by atoms with Crippen LogP contribution in [0.1, 0.15) is 29.9 Å². The maximum Gasteiger partial charge on any atom is 0.112 e. The van der Waals surface area contributed by atoms with E-state index in [9.17, 15) is 0 Å². The van der Waals surface area contributed by atoms with Gasteiger partial charge >= 0.3 is 0 Å². The van der Waals surface area contributed by atoms with Crippen molar-refractivity contribution in [2.24, 2.45) is 16.9 Å². The second-order valence-electron chi connectivity index (χ2n) is 6.09. The standard InChI is InChI=1S/C16H22BrN3O/c1-11-3-5-18-9-14(11)16(13-8-19-20(2)10-13)12-4-6-21-15(17)7-12/h3,5,8-9,12-13,15-16H,4,6-7,10H2,1-2H3. The number of rotatable bonds is 3. The summed E-state index contributed by atoms with van der Waals surface area (Å²) in [6.45, 7) is 4.00. The number of aryl methyl sites for hydroxylation is 1. The van der Waals surface area contributed by atoms with Crippen LogP contribution in [-0.2, 0) is 4.74 Å². The number of aromatic nitrogens is 1. The molecule has 3 rings (SSSR count). The lowest BCUT2D eigenvalue weighted by Crippen LogP contribution is -2.32. The van der Waals surface area contributed by atoms with Gasteiger partial charge in [-0.3, -0.25) is 9.99 Å². The summed E-state index contributed by atoms with van der Waals surface area (Å²) >= 11 is 3.63. The molecule has 0 aliphatic carbocycles. The molecule has 1 aromatic heterocycles. The topological polar surface area (TPSA) is 37.7 Å². The minimum Gasteiger partial charge on any atom is -0.367 e. The summed E-state index contributed by atoms with van der Waals surface area (Å²) < 4.78 is 5.67. The Kier molecular flexibility index (Phi) is 4.60. The van der Waals surface area contributed by atoms with Gasteiger partial charge in [0.05, 0.1) is 0 Å². The SMILES string of the molecule is Cc1ccncc1C(C1C=NN(C)C1)C1CCOC(Br)C1. The molecule has 3 heterocycles. The van der Waals surface area contributed by atoms with Crippen LogP contribution in [0.25, 0.3) is 0 Å². The third-order valence-electron chi connectivity index (χ3n) is 4.61. The van der Waals surface area contributed by atoms with Crippen LogP contribution in [-0.4, -0.2) is 41.4 Å². The highest BCUT2D eigenvalue weighted by molar-refractivity contribution is 9.09. The predicted octanol–water partition coefficient (Wildman–Crippen LogP) is 3.17. The van der Waals surface area contributed by atoms with Gasteiger partial charge in [-0.05, 0) is 48.8 Å². The molecular formula is C16H22BrN3O. The van der Waals surface area contributed by atoms with E-state index in [1.165, 1.54) is 11.1 Å². The molecule has 0 radical (unpaired) electrons. The molecule has 1 aromatic rings. The van der Waals surface area contributed by atoms with E-state index in [1.54, 1.807) is 0 Å². The molecule has 2 aliphatic rings. The Labute approximate surface area is 134 Å². The van der Waals surface area contributed by atoms with Crippen molar-refractivity contribution in [1.29, 1.82) is 0 Å². The maximum absolute atomic E-state index is 5.67. The Morgan fingerprint density at radius 3 is 3.00 bits per heavy atom. The third-order valence-corrected chi connectivity index (χ3v) is 5.25. The molecule has 4 unspecified atom stereocenters. The van der Waals surface area contributed by atoms with Gasteiger partial charge in [-0.15, -0.1) is 0 Å². The minimum absolute atomic E-state index is 0.173. The molecule has 4 nitrogen and oxygen atoms in total. The van der Waals surface area contributed by atoms with Gasteiger partial charge < -0.3 is 4.74 Å². The number of ether oxygens (including phenoxy) is 1. The summed E-state index contributed by atoms with van der Waals surface area (Å²) in [5.41, 5.74) is 2.70. The van der Waals surface area contributed by atoms with Crippen molar-refractivity contribution in [3.63, 3.8) is 0 Å². The Bertz CT molecular complexity index is 522. The van der Waals surface area contributed by atoms with E-state index in [4.69, 9.17) is 4.74 Å². The van der Waals surface area contributed by atoms with Crippen molar-refractivity contribution in [2.45, 2.75) is 30.7 Å². The molecular weight excluding hydrogens is 330 g/mol. The number of hydrogen-bond acceptors (Lipinski definition) is 4. The van der Waals surface area contributed by atoms with Crippen molar-refractivity contribution in [3.8, 4) is 0 Å². The van der Waals surface area contributed by atoms with Gasteiger partial charge in [0, 0.05) is 44.7 Å². The van der Waals surface area contributed by atoms with E-state index in [0.29, 0.717) is 17.8 Å². The van der Waals surface area contributed by atoms with E-state index in [2.05, 4.69) is 45.2 Å². The second kappa shape index (κ2) is 6.44. The summed E-state index contributed by atoms with van der Waals surface area (Å²) in [6, 6.07) is 2.11. The molecule has 1 fully saturated rings. The number of pyridine rings is 1. The number of hydrazone groups is 1. The van der Waals surface area contributed by atoms with Crippen LogP contribution in [0, 0.1) is 18.8 Å². The van der Waals surface area contributed by atoms with Gasteiger partial charge in [0.1, 0.15) is 5.01 Å². The first-order valence-corrected chi connectivity index (χ1v) is 8.48. The van der Waals surface area contributed by atoms with Gasteiger partial charge in [0.2, 0.25) is 0 Å². The Balaban J connectivity index is 1.91. The summed E-state index contributed by atoms with van der Waals surface area (Å²) in [5, 5.41) is 6.66. The van der Waals surface area contributed by atoms with Crippen LogP contribution in [0.2, 0.25) is 0 Å².